The molecule has 5 heteroatoms. The number of piperidine rings is 1. The first-order valence-electron chi connectivity index (χ1n) is 9.46. The molecule has 2 aromatic carbocycles. The summed E-state index contributed by atoms with van der Waals surface area (Å²) in [5, 5.41) is 4.79. The number of aromatic nitrogens is 1. The predicted molar refractivity (Wildman–Crippen MR) is 117 cm³/mol. The molecule has 0 bridgehead atoms. The second-order valence-electron chi connectivity index (χ2n) is 7.28. The smallest absolute Gasteiger partial charge is 0.162 e. The predicted octanol–water partition coefficient (Wildman–Crippen LogP) is 5.37. The molecule has 1 aromatic heterocycles. The van der Waals surface area contributed by atoms with E-state index in [0.29, 0.717) is 11.7 Å². The number of fused-ring (bicyclic) bond motifs is 1. The van der Waals surface area contributed by atoms with Crippen molar-refractivity contribution in [2.45, 2.75) is 26.2 Å². The number of nitrogens with one attached hydrogen (secondary N) is 2. The van der Waals surface area contributed by atoms with Crippen LogP contribution in [0.25, 0.3) is 10.9 Å². The minimum Gasteiger partial charge on any atom is -0.493 e. The van der Waals surface area contributed by atoms with Crippen LogP contribution in [0.4, 0.5) is 11.4 Å². The normalized spacial score (nSPS) is 15.2. The molecule has 5 nitrogen and oxygen atoms in total. The Morgan fingerprint density at radius 1 is 0.964 bits per heavy atom. The largest absolute Gasteiger partial charge is 0.493 e. The lowest BCUT2D eigenvalue weighted by atomic mass is 9.89. The van der Waals surface area contributed by atoms with Crippen molar-refractivity contribution in [3.8, 4) is 11.5 Å². The Labute approximate surface area is 167 Å². The van der Waals surface area contributed by atoms with E-state index in [2.05, 4.69) is 46.6 Å². The van der Waals surface area contributed by atoms with Crippen LogP contribution in [-0.2, 0) is 0 Å². The molecule has 0 spiro atoms. The lowest BCUT2D eigenvalue weighted by Crippen LogP contribution is -2.29. The fourth-order valence-electron chi connectivity index (χ4n) is 3.96. The number of hydrogen-bond donors (Lipinski definition) is 2. The fraction of sp³-hybridized carbons (Fsp3) is 0.391. The lowest BCUT2D eigenvalue weighted by molar-refractivity contribution is 0.256. The van der Waals surface area contributed by atoms with Crippen molar-refractivity contribution in [1.82, 2.24) is 9.88 Å². The van der Waals surface area contributed by atoms with Gasteiger partial charge in [0.1, 0.15) is 0 Å². The number of nitrogens with zero attached hydrogens (tertiary/aromatic N) is 1. The van der Waals surface area contributed by atoms with Gasteiger partial charge in [0, 0.05) is 34.5 Å². The first-order chi connectivity index (χ1) is 13.2. The van der Waals surface area contributed by atoms with Gasteiger partial charge < -0.3 is 24.7 Å². The fourth-order valence-corrected chi connectivity index (χ4v) is 3.96. The SMILES string of the molecule is C.COc1ccc(Nc2ccc3c(C4CCN(C)CC4)c[nH]c3c2)cc1OC. The third-order valence-electron chi connectivity index (χ3n) is 5.54. The molecule has 1 fully saturated rings. The molecular weight excluding hydrogens is 350 g/mol. The molecular formula is C23H31N3O2. The van der Waals surface area contributed by atoms with Crippen LogP contribution in [0.15, 0.2) is 42.6 Å². The molecule has 0 saturated carbocycles. The number of methoxy groups -OCH3 is 2. The molecule has 0 atom stereocenters. The van der Waals surface area contributed by atoms with Gasteiger partial charge >= 0.3 is 0 Å². The topological polar surface area (TPSA) is 49.5 Å². The Balaban J connectivity index is 0.00000225. The molecule has 2 heterocycles. The van der Waals surface area contributed by atoms with E-state index in [1.54, 1.807) is 14.2 Å². The zero-order valence-corrected chi connectivity index (χ0v) is 16.2. The zero-order chi connectivity index (χ0) is 18.8. The number of anilines is 2. The quantitative estimate of drug-likeness (QED) is 0.623. The van der Waals surface area contributed by atoms with Crippen LogP contribution in [0.5, 0.6) is 11.5 Å². The van der Waals surface area contributed by atoms with E-state index < -0.39 is 0 Å². The highest BCUT2D eigenvalue weighted by Gasteiger charge is 2.21. The summed E-state index contributed by atoms with van der Waals surface area (Å²) < 4.78 is 10.7. The first-order valence-corrected chi connectivity index (χ1v) is 9.46. The number of H-pyrrole nitrogens is 1. The van der Waals surface area contributed by atoms with Crippen molar-refractivity contribution < 1.29 is 9.47 Å². The van der Waals surface area contributed by atoms with Crippen LogP contribution in [0.3, 0.4) is 0 Å². The van der Waals surface area contributed by atoms with Crippen molar-refractivity contribution in [1.29, 1.82) is 0 Å². The molecule has 28 heavy (non-hydrogen) atoms. The molecule has 1 saturated heterocycles. The summed E-state index contributed by atoms with van der Waals surface area (Å²) in [6.07, 6.45) is 4.66. The molecule has 4 rings (SSSR count). The highest BCUT2D eigenvalue weighted by Crippen LogP contribution is 2.35. The lowest BCUT2D eigenvalue weighted by Gasteiger charge is -2.28. The maximum Gasteiger partial charge on any atom is 0.162 e. The van der Waals surface area contributed by atoms with E-state index >= 15 is 0 Å². The third kappa shape index (κ3) is 3.94. The van der Waals surface area contributed by atoms with Crippen LogP contribution in [-0.4, -0.2) is 44.2 Å². The van der Waals surface area contributed by atoms with Gasteiger partial charge in [0.05, 0.1) is 14.2 Å². The van der Waals surface area contributed by atoms with Gasteiger partial charge in [-0.3, -0.25) is 0 Å². The minimum absolute atomic E-state index is 0. The average molecular weight is 382 g/mol. The first kappa shape index (κ1) is 20.1. The van der Waals surface area contributed by atoms with Crippen LogP contribution in [0, 0.1) is 0 Å². The molecule has 2 N–H and O–H groups in total. The number of hydrogen-bond acceptors (Lipinski definition) is 4. The maximum atomic E-state index is 5.39. The van der Waals surface area contributed by atoms with E-state index in [0.717, 1.165) is 17.1 Å². The van der Waals surface area contributed by atoms with Gasteiger partial charge in [-0.2, -0.15) is 0 Å². The van der Waals surface area contributed by atoms with Crippen molar-refractivity contribution in [2.24, 2.45) is 0 Å². The Morgan fingerprint density at radius 3 is 2.36 bits per heavy atom. The van der Waals surface area contributed by atoms with Crippen LogP contribution >= 0.6 is 0 Å². The van der Waals surface area contributed by atoms with Crippen LogP contribution in [0.2, 0.25) is 0 Å². The molecule has 3 aromatic rings. The van der Waals surface area contributed by atoms with Gasteiger partial charge in [0.25, 0.3) is 0 Å². The number of rotatable bonds is 5. The molecule has 1 aliphatic heterocycles. The van der Waals surface area contributed by atoms with Crippen LogP contribution < -0.4 is 14.8 Å². The Bertz CT molecular complexity index is 927. The maximum absolute atomic E-state index is 5.39. The molecule has 0 aliphatic carbocycles. The summed E-state index contributed by atoms with van der Waals surface area (Å²) >= 11 is 0. The summed E-state index contributed by atoms with van der Waals surface area (Å²) in [7, 11) is 5.50. The van der Waals surface area contributed by atoms with E-state index in [1.807, 2.05) is 18.2 Å². The molecule has 1 aliphatic rings. The number of aromatic amines is 1. The Morgan fingerprint density at radius 2 is 1.64 bits per heavy atom. The summed E-state index contributed by atoms with van der Waals surface area (Å²) in [6, 6.07) is 12.4. The Kier molecular flexibility index (Phi) is 6.15. The summed E-state index contributed by atoms with van der Waals surface area (Å²) in [4.78, 5) is 5.88. The van der Waals surface area contributed by atoms with Crippen LogP contribution in [0.1, 0.15) is 31.7 Å². The number of benzene rings is 2. The van der Waals surface area contributed by atoms with E-state index in [4.69, 9.17) is 9.47 Å². The molecule has 0 amide bonds. The highest BCUT2D eigenvalue weighted by molar-refractivity contribution is 5.87. The molecule has 0 unspecified atom stereocenters. The minimum atomic E-state index is 0. The van der Waals surface area contributed by atoms with Gasteiger partial charge in [-0.05, 0) is 68.7 Å². The third-order valence-corrected chi connectivity index (χ3v) is 5.54. The Hall–Kier alpha value is -2.66. The van der Waals surface area contributed by atoms with E-state index in [1.165, 1.54) is 42.4 Å². The monoisotopic (exact) mass is 381 g/mol. The van der Waals surface area contributed by atoms with Crippen molar-refractivity contribution in [2.75, 3.05) is 39.7 Å². The van der Waals surface area contributed by atoms with Crippen molar-refractivity contribution in [3.63, 3.8) is 0 Å². The van der Waals surface area contributed by atoms with Crippen molar-refractivity contribution in [3.05, 3.63) is 48.2 Å². The number of likely N-dealkylation sites (tertiary alicyclic amines) is 1. The summed E-state index contributed by atoms with van der Waals surface area (Å²) in [5.74, 6) is 2.10. The second kappa shape index (κ2) is 8.57. The van der Waals surface area contributed by atoms with E-state index in [9.17, 15) is 0 Å². The highest BCUT2D eigenvalue weighted by atomic mass is 16.5. The number of ether oxygens (including phenoxy) is 2. The standard InChI is InChI=1S/C22H27N3O2.CH4/c1-25-10-8-15(9-11-25)19-14-23-20-12-16(4-6-18(19)20)24-17-5-7-21(26-2)22(13-17)27-3;/h4-7,12-15,23-24H,8-11H2,1-3H3;1H4. The van der Waals surface area contributed by atoms with Gasteiger partial charge in [-0.25, -0.2) is 0 Å². The van der Waals surface area contributed by atoms with Crippen molar-refractivity contribution >= 4 is 22.3 Å². The van der Waals surface area contributed by atoms with Gasteiger partial charge in [0.2, 0.25) is 0 Å². The van der Waals surface area contributed by atoms with Gasteiger partial charge in [0.15, 0.2) is 11.5 Å². The van der Waals surface area contributed by atoms with Gasteiger partial charge in [-0.1, -0.05) is 13.5 Å². The van der Waals surface area contributed by atoms with Gasteiger partial charge in [-0.15, -0.1) is 0 Å². The van der Waals surface area contributed by atoms with E-state index in [-0.39, 0.29) is 7.43 Å². The zero-order valence-electron chi connectivity index (χ0n) is 16.2. The summed E-state index contributed by atoms with van der Waals surface area (Å²) in [6.45, 7) is 2.35. The average Bonchev–Trinajstić information content (AvgIpc) is 3.11. The molecule has 150 valence electrons. The summed E-state index contributed by atoms with van der Waals surface area (Å²) in [5.41, 5.74) is 4.64. The molecule has 0 radical (unpaired) electrons. The second-order valence-corrected chi connectivity index (χ2v) is 7.28.